The molecule has 2 nitrogen and oxygen atoms in total. The molecule has 1 saturated heterocycles. The molecule has 1 aliphatic rings. The summed E-state index contributed by atoms with van der Waals surface area (Å²) in [4.78, 5) is 2.55. The van der Waals surface area contributed by atoms with E-state index in [-0.39, 0.29) is 6.04 Å². The van der Waals surface area contributed by atoms with Crippen LogP contribution < -0.4 is 5.32 Å². The van der Waals surface area contributed by atoms with Crippen molar-refractivity contribution in [3.63, 3.8) is 0 Å². The quantitative estimate of drug-likeness (QED) is 0.859. The lowest BCUT2D eigenvalue weighted by molar-refractivity contribution is 0.205. The van der Waals surface area contributed by atoms with Gasteiger partial charge in [-0.1, -0.05) is 41.8 Å². The minimum absolute atomic E-state index is 0.209. The largest absolute Gasteiger partial charge is 0.306 e. The van der Waals surface area contributed by atoms with E-state index in [2.05, 4.69) is 24.1 Å². The summed E-state index contributed by atoms with van der Waals surface area (Å²) in [5.74, 6) is 0. The summed E-state index contributed by atoms with van der Waals surface area (Å²) in [6.45, 7) is 7.95. The van der Waals surface area contributed by atoms with Crippen LogP contribution in [0.3, 0.4) is 0 Å². The van der Waals surface area contributed by atoms with E-state index in [0.29, 0.717) is 16.1 Å². The maximum absolute atomic E-state index is 6.28. The van der Waals surface area contributed by atoms with Crippen molar-refractivity contribution >= 4 is 23.2 Å². The van der Waals surface area contributed by atoms with E-state index in [1.165, 1.54) is 32.4 Å². The Kier molecular flexibility index (Phi) is 6.16. The number of halogens is 2. The summed E-state index contributed by atoms with van der Waals surface area (Å²) in [5.41, 5.74) is 1.07. The Hall–Kier alpha value is -0.280. The van der Waals surface area contributed by atoms with Gasteiger partial charge < -0.3 is 10.2 Å². The van der Waals surface area contributed by atoms with Crippen LogP contribution in [0.25, 0.3) is 0 Å². The van der Waals surface area contributed by atoms with Gasteiger partial charge in [-0.3, -0.25) is 0 Å². The Bertz CT molecular complexity index is 430. The van der Waals surface area contributed by atoms with Crippen LogP contribution >= 0.6 is 23.2 Å². The fourth-order valence-corrected chi connectivity index (χ4v) is 3.42. The van der Waals surface area contributed by atoms with Crippen molar-refractivity contribution < 1.29 is 0 Å². The predicted octanol–water partition coefficient (Wildman–Crippen LogP) is 4.52. The Morgan fingerprint density at radius 3 is 2.55 bits per heavy atom. The van der Waals surface area contributed by atoms with E-state index < -0.39 is 0 Å². The van der Waals surface area contributed by atoms with Crippen LogP contribution in [0.4, 0.5) is 0 Å². The van der Waals surface area contributed by atoms with Crippen LogP contribution in [0.2, 0.25) is 10.0 Å². The number of likely N-dealkylation sites (tertiary alicyclic amines) is 1. The summed E-state index contributed by atoms with van der Waals surface area (Å²) in [7, 11) is 0. The van der Waals surface area contributed by atoms with Crippen LogP contribution in [0.5, 0.6) is 0 Å². The molecule has 2 unspecified atom stereocenters. The number of piperidine rings is 1. The topological polar surface area (TPSA) is 15.3 Å². The maximum Gasteiger partial charge on any atom is 0.0639 e. The lowest BCUT2D eigenvalue weighted by Crippen LogP contribution is -2.42. The number of rotatable bonds is 5. The molecular formula is C16H24Cl2N2. The van der Waals surface area contributed by atoms with Gasteiger partial charge >= 0.3 is 0 Å². The normalized spacial score (nSPS) is 19.8. The van der Waals surface area contributed by atoms with Crippen molar-refractivity contribution in [2.24, 2.45) is 0 Å². The molecule has 1 aromatic rings. The highest BCUT2D eigenvalue weighted by molar-refractivity contribution is 6.42. The van der Waals surface area contributed by atoms with Crippen molar-refractivity contribution in [1.82, 2.24) is 10.2 Å². The van der Waals surface area contributed by atoms with Crippen molar-refractivity contribution in [1.29, 1.82) is 0 Å². The van der Waals surface area contributed by atoms with Crippen molar-refractivity contribution in [2.75, 3.05) is 19.6 Å². The Labute approximate surface area is 132 Å². The molecule has 20 heavy (non-hydrogen) atoms. The first-order valence-corrected chi connectivity index (χ1v) is 8.26. The Balaban J connectivity index is 1.89. The minimum Gasteiger partial charge on any atom is -0.306 e. The zero-order valence-corrected chi connectivity index (χ0v) is 13.8. The summed E-state index contributed by atoms with van der Waals surface area (Å²) in [6, 6.07) is 6.48. The fourth-order valence-electron chi connectivity index (χ4n) is 2.95. The first kappa shape index (κ1) is 16.1. The monoisotopic (exact) mass is 314 g/mol. The van der Waals surface area contributed by atoms with Crippen LogP contribution in [-0.4, -0.2) is 30.6 Å². The second-order valence-electron chi connectivity index (χ2n) is 5.79. The van der Waals surface area contributed by atoms with Gasteiger partial charge in [-0.15, -0.1) is 0 Å². The molecule has 1 aliphatic heterocycles. The highest BCUT2D eigenvalue weighted by Gasteiger charge is 2.17. The van der Waals surface area contributed by atoms with E-state index in [1.54, 1.807) is 0 Å². The number of nitrogens with one attached hydrogen (secondary N) is 1. The lowest BCUT2D eigenvalue weighted by Gasteiger charge is -2.31. The second kappa shape index (κ2) is 7.65. The molecule has 1 aromatic carbocycles. The zero-order chi connectivity index (χ0) is 14.5. The van der Waals surface area contributed by atoms with Gasteiger partial charge in [-0.2, -0.15) is 0 Å². The van der Waals surface area contributed by atoms with Crippen LogP contribution in [0.15, 0.2) is 18.2 Å². The summed E-state index contributed by atoms with van der Waals surface area (Å²) >= 11 is 12.4. The van der Waals surface area contributed by atoms with Gasteiger partial charge in [0, 0.05) is 18.6 Å². The molecule has 0 radical (unpaired) electrons. The van der Waals surface area contributed by atoms with E-state index in [1.807, 2.05) is 18.2 Å². The highest BCUT2D eigenvalue weighted by atomic mass is 35.5. The average Bonchev–Trinajstić information content (AvgIpc) is 2.42. The summed E-state index contributed by atoms with van der Waals surface area (Å²) in [6.07, 6.45) is 4.05. The van der Waals surface area contributed by atoms with E-state index >= 15 is 0 Å². The summed E-state index contributed by atoms with van der Waals surface area (Å²) in [5, 5.41) is 4.92. The molecule has 0 saturated carbocycles. The molecule has 0 aliphatic carbocycles. The van der Waals surface area contributed by atoms with E-state index in [0.717, 1.165) is 12.1 Å². The zero-order valence-electron chi connectivity index (χ0n) is 12.3. The molecule has 4 heteroatoms. The van der Waals surface area contributed by atoms with Crippen LogP contribution in [0.1, 0.15) is 44.7 Å². The smallest absolute Gasteiger partial charge is 0.0639 e. The van der Waals surface area contributed by atoms with Crippen molar-refractivity contribution in [3.8, 4) is 0 Å². The minimum atomic E-state index is 0.209. The summed E-state index contributed by atoms with van der Waals surface area (Å²) < 4.78 is 0. The SMILES string of the molecule is CC(CN1CCCCC1)NC(C)c1cccc(Cl)c1Cl. The highest BCUT2D eigenvalue weighted by Crippen LogP contribution is 2.29. The molecule has 1 heterocycles. The number of benzene rings is 1. The lowest BCUT2D eigenvalue weighted by atomic mass is 10.1. The number of hydrogen-bond acceptors (Lipinski definition) is 2. The Morgan fingerprint density at radius 2 is 1.85 bits per heavy atom. The van der Waals surface area contributed by atoms with E-state index in [4.69, 9.17) is 23.2 Å². The molecule has 0 spiro atoms. The van der Waals surface area contributed by atoms with Crippen molar-refractivity contribution in [2.45, 2.75) is 45.2 Å². The average molecular weight is 315 g/mol. The predicted molar refractivity (Wildman–Crippen MR) is 87.8 cm³/mol. The molecular weight excluding hydrogens is 291 g/mol. The Morgan fingerprint density at radius 1 is 1.15 bits per heavy atom. The van der Waals surface area contributed by atoms with Gasteiger partial charge in [0.2, 0.25) is 0 Å². The third-order valence-electron chi connectivity index (χ3n) is 3.96. The molecule has 0 aromatic heterocycles. The molecule has 112 valence electrons. The van der Waals surface area contributed by atoms with Gasteiger partial charge in [0.1, 0.15) is 0 Å². The van der Waals surface area contributed by atoms with Gasteiger partial charge in [-0.05, 0) is 51.4 Å². The molecule has 1 N–H and O–H groups in total. The van der Waals surface area contributed by atoms with Crippen LogP contribution in [-0.2, 0) is 0 Å². The molecule has 0 bridgehead atoms. The molecule has 2 rings (SSSR count). The second-order valence-corrected chi connectivity index (χ2v) is 6.58. The van der Waals surface area contributed by atoms with Crippen LogP contribution in [0, 0.1) is 0 Å². The first-order valence-electron chi connectivity index (χ1n) is 7.50. The van der Waals surface area contributed by atoms with Gasteiger partial charge in [-0.25, -0.2) is 0 Å². The van der Waals surface area contributed by atoms with Gasteiger partial charge in [0.15, 0.2) is 0 Å². The third kappa shape index (κ3) is 4.36. The molecule has 0 amide bonds. The molecule has 2 atom stereocenters. The van der Waals surface area contributed by atoms with Crippen molar-refractivity contribution in [3.05, 3.63) is 33.8 Å². The maximum atomic E-state index is 6.28. The van der Waals surface area contributed by atoms with E-state index in [9.17, 15) is 0 Å². The number of hydrogen-bond donors (Lipinski definition) is 1. The van der Waals surface area contributed by atoms with Gasteiger partial charge in [0.05, 0.1) is 10.0 Å². The number of nitrogens with zero attached hydrogens (tertiary/aromatic N) is 1. The first-order chi connectivity index (χ1) is 9.58. The molecule has 1 fully saturated rings. The van der Waals surface area contributed by atoms with Gasteiger partial charge in [0.25, 0.3) is 0 Å². The standard InChI is InChI=1S/C16H24Cl2N2/c1-12(11-20-9-4-3-5-10-20)19-13(2)14-7-6-8-15(17)16(14)18/h6-8,12-13,19H,3-5,9-11H2,1-2H3. The third-order valence-corrected chi connectivity index (χ3v) is 4.80. The fraction of sp³-hybridized carbons (Fsp3) is 0.625.